The summed E-state index contributed by atoms with van der Waals surface area (Å²) < 4.78 is 10.4. The first-order valence-corrected chi connectivity index (χ1v) is 9.18. The number of hydrogen-bond acceptors (Lipinski definition) is 6. The van der Waals surface area contributed by atoms with Gasteiger partial charge in [-0.1, -0.05) is 0 Å². The predicted molar refractivity (Wildman–Crippen MR) is 94.4 cm³/mol. The number of carbonyl (C=O) groups excluding carboxylic acids is 2. The predicted octanol–water partition coefficient (Wildman–Crippen LogP) is -0.996. The molecule has 0 aromatic heterocycles. The fourth-order valence-corrected chi connectivity index (χ4v) is 3.15. The Morgan fingerprint density at radius 3 is 2.44 bits per heavy atom. The van der Waals surface area contributed by atoms with Gasteiger partial charge in [0, 0.05) is 59.5 Å². The number of rotatable bonds is 8. The third-order valence-electron chi connectivity index (χ3n) is 4.63. The van der Waals surface area contributed by atoms with Gasteiger partial charge >= 0.3 is 0 Å². The van der Waals surface area contributed by atoms with Crippen molar-refractivity contribution in [3.05, 3.63) is 0 Å². The third kappa shape index (κ3) is 7.27. The smallest absolute Gasteiger partial charge is 0.236 e. The number of piperazine rings is 1. The molecule has 2 heterocycles. The fraction of sp³-hybridized carbons (Fsp3) is 0.882. The summed E-state index contributed by atoms with van der Waals surface area (Å²) in [7, 11) is 1.66. The number of amides is 2. The minimum atomic E-state index is 0.0583. The second-order valence-electron chi connectivity index (χ2n) is 6.77. The van der Waals surface area contributed by atoms with E-state index in [0.29, 0.717) is 45.9 Å². The number of ether oxygens (including phenoxy) is 2. The van der Waals surface area contributed by atoms with Crippen molar-refractivity contribution in [1.29, 1.82) is 0 Å². The van der Waals surface area contributed by atoms with Crippen LogP contribution in [0.2, 0.25) is 0 Å². The molecule has 0 spiro atoms. The van der Waals surface area contributed by atoms with Gasteiger partial charge in [0.05, 0.1) is 25.8 Å². The molecule has 0 radical (unpaired) electrons. The largest absolute Gasteiger partial charge is 0.385 e. The van der Waals surface area contributed by atoms with E-state index in [9.17, 15) is 9.59 Å². The molecule has 0 bridgehead atoms. The molecule has 2 aliphatic rings. The summed E-state index contributed by atoms with van der Waals surface area (Å²) in [6.07, 6.45) is 0.954. The summed E-state index contributed by atoms with van der Waals surface area (Å²) in [6.45, 7) is 9.47. The molecular formula is C17H32N4O4. The Bertz CT molecular complexity index is 427. The molecule has 144 valence electrons. The normalized spacial score (nSPS) is 22.8. The summed E-state index contributed by atoms with van der Waals surface area (Å²) in [5, 5.41) is 2.91. The van der Waals surface area contributed by atoms with Crippen molar-refractivity contribution in [1.82, 2.24) is 20.0 Å². The van der Waals surface area contributed by atoms with E-state index < -0.39 is 0 Å². The Morgan fingerprint density at radius 2 is 1.80 bits per heavy atom. The lowest BCUT2D eigenvalue weighted by Gasteiger charge is -2.36. The lowest BCUT2D eigenvalue weighted by Crippen LogP contribution is -2.53. The Kier molecular flexibility index (Phi) is 8.60. The Labute approximate surface area is 150 Å². The summed E-state index contributed by atoms with van der Waals surface area (Å²) in [5.74, 6) is 0.238. The van der Waals surface area contributed by atoms with E-state index in [1.165, 1.54) is 0 Å². The molecule has 0 aromatic carbocycles. The molecule has 2 amide bonds. The summed E-state index contributed by atoms with van der Waals surface area (Å²) in [5.41, 5.74) is 0. The van der Waals surface area contributed by atoms with Crippen LogP contribution in [0.15, 0.2) is 0 Å². The highest BCUT2D eigenvalue weighted by Gasteiger charge is 2.25. The highest BCUT2D eigenvalue weighted by Crippen LogP contribution is 2.07. The van der Waals surface area contributed by atoms with E-state index in [-0.39, 0.29) is 17.9 Å². The standard InChI is InChI=1S/C17H32N4O4/c1-15-12-21(9-11-25-15)17(23)14-20-7-5-19(6-8-20)13-16(22)18-4-3-10-24-2/h15H,3-14H2,1-2H3,(H,18,22). The van der Waals surface area contributed by atoms with Crippen molar-refractivity contribution in [2.24, 2.45) is 0 Å². The molecule has 8 heteroatoms. The number of hydrogen-bond donors (Lipinski definition) is 1. The van der Waals surface area contributed by atoms with E-state index in [1.54, 1.807) is 7.11 Å². The highest BCUT2D eigenvalue weighted by molar-refractivity contribution is 5.78. The van der Waals surface area contributed by atoms with Gasteiger partial charge < -0.3 is 19.7 Å². The van der Waals surface area contributed by atoms with Gasteiger partial charge in [0.1, 0.15) is 0 Å². The zero-order chi connectivity index (χ0) is 18.1. The van der Waals surface area contributed by atoms with Crippen LogP contribution in [0.3, 0.4) is 0 Å². The Hall–Kier alpha value is -1.22. The van der Waals surface area contributed by atoms with Gasteiger partial charge in [-0.2, -0.15) is 0 Å². The van der Waals surface area contributed by atoms with Crippen molar-refractivity contribution >= 4 is 11.8 Å². The second-order valence-corrected chi connectivity index (χ2v) is 6.77. The lowest BCUT2D eigenvalue weighted by atomic mass is 10.2. The van der Waals surface area contributed by atoms with Crippen molar-refractivity contribution in [2.75, 3.05) is 79.2 Å². The van der Waals surface area contributed by atoms with E-state index in [2.05, 4.69) is 15.1 Å². The first-order valence-electron chi connectivity index (χ1n) is 9.18. The Balaban J connectivity index is 1.61. The maximum atomic E-state index is 12.4. The van der Waals surface area contributed by atoms with Gasteiger partial charge in [-0.3, -0.25) is 19.4 Å². The van der Waals surface area contributed by atoms with Crippen molar-refractivity contribution in [3.8, 4) is 0 Å². The van der Waals surface area contributed by atoms with Gasteiger partial charge in [-0.15, -0.1) is 0 Å². The van der Waals surface area contributed by atoms with Crippen LogP contribution in [0, 0.1) is 0 Å². The van der Waals surface area contributed by atoms with E-state index >= 15 is 0 Å². The van der Waals surface area contributed by atoms with Crippen molar-refractivity contribution in [2.45, 2.75) is 19.4 Å². The number of morpholine rings is 1. The van der Waals surface area contributed by atoms with E-state index in [1.807, 2.05) is 11.8 Å². The SMILES string of the molecule is COCCCNC(=O)CN1CCN(CC(=O)N2CCOC(C)C2)CC1. The molecular weight excluding hydrogens is 324 g/mol. The van der Waals surface area contributed by atoms with Gasteiger partial charge in [0.15, 0.2) is 0 Å². The monoisotopic (exact) mass is 356 g/mol. The van der Waals surface area contributed by atoms with Crippen LogP contribution in [0.25, 0.3) is 0 Å². The molecule has 2 aliphatic heterocycles. The van der Waals surface area contributed by atoms with Crippen LogP contribution in [0.4, 0.5) is 0 Å². The van der Waals surface area contributed by atoms with Gasteiger partial charge in [-0.25, -0.2) is 0 Å². The number of carbonyl (C=O) groups is 2. The van der Waals surface area contributed by atoms with Crippen molar-refractivity contribution < 1.29 is 19.1 Å². The van der Waals surface area contributed by atoms with Gasteiger partial charge in [0.25, 0.3) is 0 Å². The summed E-state index contributed by atoms with van der Waals surface area (Å²) >= 11 is 0. The number of nitrogens with zero attached hydrogens (tertiary/aromatic N) is 3. The maximum Gasteiger partial charge on any atom is 0.236 e. The quantitative estimate of drug-likeness (QED) is 0.563. The van der Waals surface area contributed by atoms with Crippen LogP contribution < -0.4 is 5.32 Å². The summed E-state index contributed by atoms with van der Waals surface area (Å²) in [6, 6.07) is 0. The average Bonchev–Trinajstić information content (AvgIpc) is 2.60. The van der Waals surface area contributed by atoms with Crippen LogP contribution in [-0.2, 0) is 19.1 Å². The molecule has 0 saturated carbocycles. The average molecular weight is 356 g/mol. The minimum Gasteiger partial charge on any atom is -0.385 e. The third-order valence-corrected chi connectivity index (χ3v) is 4.63. The lowest BCUT2D eigenvalue weighted by molar-refractivity contribution is -0.140. The van der Waals surface area contributed by atoms with Crippen LogP contribution >= 0.6 is 0 Å². The molecule has 2 fully saturated rings. The number of methoxy groups -OCH3 is 1. The maximum absolute atomic E-state index is 12.4. The van der Waals surface area contributed by atoms with E-state index in [0.717, 1.165) is 32.6 Å². The van der Waals surface area contributed by atoms with Gasteiger partial charge in [-0.05, 0) is 13.3 Å². The molecule has 0 aliphatic carbocycles. The van der Waals surface area contributed by atoms with Crippen LogP contribution in [0.1, 0.15) is 13.3 Å². The fourth-order valence-electron chi connectivity index (χ4n) is 3.15. The van der Waals surface area contributed by atoms with Crippen LogP contribution in [-0.4, -0.2) is 112 Å². The second kappa shape index (κ2) is 10.7. The summed E-state index contributed by atoms with van der Waals surface area (Å²) in [4.78, 5) is 30.5. The van der Waals surface area contributed by atoms with Crippen LogP contribution in [0.5, 0.6) is 0 Å². The first-order chi connectivity index (χ1) is 12.1. The zero-order valence-electron chi connectivity index (χ0n) is 15.5. The molecule has 2 rings (SSSR count). The Morgan fingerprint density at radius 1 is 1.12 bits per heavy atom. The van der Waals surface area contributed by atoms with Gasteiger partial charge in [0.2, 0.25) is 11.8 Å². The highest BCUT2D eigenvalue weighted by atomic mass is 16.5. The zero-order valence-corrected chi connectivity index (χ0v) is 15.5. The molecule has 1 N–H and O–H groups in total. The molecule has 0 aromatic rings. The topological polar surface area (TPSA) is 74.4 Å². The molecule has 25 heavy (non-hydrogen) atoms. The molecule has 1 unspecified atom stereocenters. The molecule has 8 nitrogen and oxygen atoms in total. The first kappa shape index (κ1) is 20.1. The minimum absolute atomic E-state index is 0.0583. The van der Waals surface area contributed by atoms with Crippen molar-refractivity contribution in [3.63, 3.8) is 0 Å². The van der Waals surface area contributed by atoms with E-state index in [4.69, 9.17) is 9.47 Å². The molecule has 2 saturated heterocycles. The molecule has 1 atom stereocenters. The number of nitrogens with one attached hydrogen (secondary N) is 1.